The van der Waals surface area contributed by atoms with Gasteiger partial charge in [0.25, 0.3) is 0 Å². The van der Waals surface area contributed by atoms with Crippen LogP contribution in [0.25, 0.3) is 11.5 Å². The Balaban J connectivity index is 0.00000243. The summed E-state index contributed by atoms with van der Waals surface area (Å²) in [5.74, 6) is 1.42. The number of oxazole rings is 1. The molecule has 1 unspecified atom stereocenters. The Labute approximate surface area is 171 Å². The van der Waals surface area contributed by atoms with Gasteiger partial charge in [0, 0.05) is 25.3 Å². The number of hydrogen-bond acceptors (Lipinski definition) is 4. The van der Waals surface area contributed by atoms with Gasteiger partial charge in [-0.3, -0.25) is 0 Å². The number of nitrogens with zero attached hydrogens (tertiary/aromatic N) is 2. The Morgan fingerprint density at radius 1 is 1.27 bits per heavy atom. The second-order valence-corrected chi connectivity index (χ2v) is 6.06. The van der Waals surface area contributed by atoms with Gasteiger partial charge in [-0.1, -0.05) is 18.2 Å². The van der Waals surface area contributed by atoms with Gasteiger partial charge in [0.15, 0.2) is 5.96 Å². The Morgan fingerprint density at radius 3 is 2.85 bits per heavy atom. The van der Waals surface area contributed by atoms with Crippen LogP contribution in [0.4, 0.5) is 0 Å². The van der Waals surface area contributed by atoms with Crippen LogP contribution in [-0.4, -0.2) is 36.7 Å². The average Bonchev–Trinajstić information content (AvgIpc) is 3.32. The van der Waals surface area contributed by atoms with E-state index in [4.69, 9.17) is 9.15 Å². The molecule has 1 saturated heterocycles. The molecule has 2 aromatic rings. The zero-order chi connectivity index (χ0) is 17.3. The molecule has 2 heterocycles. The van der Waals surface area contributed by atoms with Gasteiger partial charge in [0.1, 0.15) is 12.0 Å². The zero-order valence-corrected chi connectivity index (χ0v) is 17.4. The fraction of sp³-hybridized carbons (Fsp3) is 0.474. The summed E-state index contributed by atoms with van der Waals surface area (Å²) in [6, 6.07) is 9.88. The van der Waals surface area contributed by atoms with E-state index in [1.165, 1.54) is 6.42 Å². The van der Waals surface area contributed by atoms with E-state index in [-0.39, 0.29) is 24.0 Å². The minimum absolute atomic E-state index is 0. The maximum atomic E-state index is 5.65. The molecule has 0 radical (unpaired) electrons. The van der Waals surface area contributed by atoms with Crippen LogP contribution < -0.4 is 10.6 Å². The Bertz CT molecular complexity index is 669. The molecule has 142 valence electrons. The third kappa shape index (κ3) is 6.28. The van der Waals surface area contributed by atoms with E-state index < -0.39 is 0 Å². The first kappa shape index (κ1) is 20.7. The van der Waals surface area contributed by atoms with Crippen LogP contribution in [0.5, 0.6) is 0 Å². The highest BCUT2D eigenvalue weighted by Gasteiger charge is 2.14. The van der Waals surface area contributed by atoms with Crippen molar-refractivity contribution in [1.29, 1.82) is 0 Å². The third-order valence-electron chi connectivity index (χ3n) is 4.10. The molecule has 6 nitrogen and oxygen atoms in total. The fourth-order valence-electron chi connectivity index (χ4n) is 2.82. The quantitative estimate of drug-likeness (QED) is 0.368. The molecule has 1 aliphatic heterocycles. The predicted octanol–water partition coefficient (Wildman–Crippen LogP) is 3.58. The molecule has 1 aliphatic rings. The topological polar surface area (TPSA) is 71.7 Å². The standard InChI is InChI=1S/C19H26N4O2.HI/c1-2-20-19(21-11-10-17-9-6-12-24-17)22-13-16-14-25-18(23-16)15-7-4-3-5-8-15;/h3-5,7-8,14,17H,2,6,9-13H2,1H3,(H2,20,21,22);1H. The lowest BCUT2D eigenvalue weighted by molar-refractivity contribution is 0.105. The lowest BCUT2D eigenvalue weighted by Gasteiger charge is -2.13. The van der Waals surface area contributed by atoms with Gasteiger partial charge in [0.05, 0.1) is 12.6 Å². The molecule has 7 heteroatoms. The van der Waals surface area contributed by atoms with Crippen molar-refractivity contribution < 1.29 is 9.15 Å². The maximum Gasteiger partial charge on any atom is 0.226 e. The van der Waals surface area contributed by atoms with Gasteiger partial charge in [-0.2, -0.15) is 0 Å². The van der Waals surface area contributed by atoms with Gasteiger partial charge in [-0.15, -0.1) is 24.0 Å². The monoisotopic (exact) mass is 470 g/mol. The van der Waals surface area contributed by atoms with E-state index in [9.17, 15) is 0 Å². The molecule has 26 heavy (non-hydrogen) atoms. The number of nitrogens with one attached hydrogen (secondary N) is 2. The number of benzene rings is 1. The van der Waals surface area contributed by atoms with Crippen molar-refractivity contribution in [2.24, 2.45) is 4.99 Å². The van der Waals surface area contributed by atoms with E-state index in [2.05, 4.69) is 27.5 Å². The van der Waals surface area contributed by atoms with E-state index >= 15 is 0 Å². The van der Waals surface area contributed by atoms with Crippen LogP contribution in [0.2, 0.25) is 0 Å². The maximum absolute atomic E-state index is 5.65. The van der Waals surface area contributed by atoms with Crippen molar-refractivity contribution in [1.82, 2.24) is 15.6 Å². The number of guanidine groups is 1. The van der Waals surface area contributed by atoms with Crippen molar-refractivity contribution in [3.8, 4) is 11.5 Å². The number of aliphatic imine (C=N–C) groups is 1. The number of halogens is 1. The molecule has 0 amide bonds. The number of hydrogen-bond donors (Lipinski definition) is 2. The third-order valence-corrected chi connectivity index (χ3v) is 4.10. The molecular formula is C19H27IN4O2. The normalized spacial score (nSPS) is 17.0. The first-order chi connectivity index (χ1) is 12.3. The van der Waals surface area contributed by atoms with Crippen LogP contribution in [0.15, 0.2) is 46.0 Å². The van der Waals surface area contributed by atoms with E-state index in [0.29, 0.717) is 18.5 Å². The average molecular weight is 470 g/mol. The van der Waals surface area contributed by atoms with E-state index in [1.807, 2.05) is 30.3 Å². The van der Waals surface area contributed by atoms with Gasteiger partial charge in [-0.25, -0.2) is 9.98 Å². The molecule has 1 aromatic carbocycles. The summed E-state index contributed by atoms with van der Waals surface area (Å²) in [6.45, 7) is 5.10. The number of ether oxygens (including phenoxy) is 1. The first-order valence-corrected chi connectivity index (χ1v) is 8.98. The summed E-state index contributed by atoms with van der Waals surface area (Å²) in [6.07, 6.45) is 5.40. The summed E-state index contributed by atoms with van der Waals surface area (Å²) >= 11 is 0. The highest BCUT2D eigenvalue weighted by Crippen LogP contribution is 2.18. The minimum Gasteiger partial charge on any atom is -0.444 e. The molecule has 0 saturated carbocycles. The van der Waals surface area contributed by atoms with Crippen LogP contribution in [0.1, 0.15) is 31.9 Å². The summed E-state index contributed by atoms with van der Waals surface area (Å²) in [7, 11) is 0. The summed E-state index contributed by atoms with van der Waals surface area (Å²) in [4.78, 5) is 9.09. The van der Waals surface area contributed by atoms with Crippen molar-refractivity contribution in [2.45, 2.75) is 38.8 Å². The largest absolute Gasteiger partial charge is 0.444 e. The molecule has 1 fully saturated rings. The lowest BCUT2D eigenvalue weighted by atomic mass is 10.2. The number of aromatic nitrogens is 1. The van der Waals surface area contributed by atoms with Crippen LogP contribution in [-0.2, 0) is 11.3 Å². The fourth-order valence-corrected chi connectivity index (χ4v) is 2.82. The van der Waals surface area contributed by atoms with Crippen LogP contribution >= 0.6 is 24.0 Å². The zero-order valence-electron chi connectivity index (χ0n) is 15.1. The Morgan fingerprint density at radius 2 is 2.12 bits per heavy atom. The molecule has 2 N–H and O–H groups in total. The van der Waals surface area contributed by atoms with Crippen molar-refractivity contribution in [3.63, 3.8) is 0 Å². The SMILES string of the molecule is CCNC(=NCc1coc(-c2ccccc2)n1)NCCC1CCCO1.I. The van der Waals surface area contributed by atoms with Crippen LogP contribution in [0, 0.1) is 0 Å². The van der Waals surface area contributed by atoms with E-state index in [0.717, 1.165) is 49.8 Å². The summed E-state index contributed by atoms with van der Waals surface area (Å²) in [5.41, 5.74) is 1.79. The molecule has 0 aliphatic carbocycles. The van der Waals surface area contributed by atoms with Crippen LogP contribution in [0.3, 0.4) is 0 Å². The lowest BCUT2D eigenvalue weighted by Crippen LogP contribution is -2.38. The smallest absolute Gasteiger partial charge is 0.226 e. The highest BCUT2D eigenvalue weighted by atomic mass is 127. The van der Waals surface area contributed by atoms with Gasteiger partial charge >= 0.3 is 0 Å². The second-order valence-electron chi connectivity index (χ2n) is 6.06. The Hall–Kier alpha value is -1.61. The predicted molar refractivity (Wildman–Crippen MR) is 114 cm³/mol. The molecule has 0 bridgehead atoms. The van der Waals surface area contributed by atoms with Crippen molar-refractivity contribution >= 4 is 29.9 Å². The molecule has 0 spiro atoms. The highest BCUT2D eigenvalue weighted by molar-refractivity contribution is 14.0. The first-order valence-electron chi connectivity index (χ1n) is 8.98. The summed E-state index contributed by atoms with van der Waals surface area (Å²) in [5, 5.41) is 6.61. The number of rotatable bonds is 7. The molecule has 1 aromatic heterocycles. The Kier molecular flexibility index (Phi) is 8.90. The second kappa shape index (κ2) is 11.2. The van der Waals surface area contributed by atoms with E-state index in [1.54, 1.807) is 6.26 Å². The van der Waals surface area contributed by atoms with Gasteiger partial charge in [-0.05, 0) is 38.3 Å². The van der Waals surface area contributed by atoms with Crippen molar-refractivity contribution in [2.75, 3.05) is 19.7 Å². The van der Waals surface area contributed by atoms with Gasteiger partial charge in [0.2, 0.25) is 5.89 Å². The van der Waals surface area contributed by atoms with Crippen molar-refractivity contribution in [3.05, 3.63) is 42.3 Å². The summed E-state index contributed by atoms with van der Waals surface area (Å²) < 4.78 is 11.2. The minimum atomic E-state index is 0. The van der Waals surface area contributed by atoms with Gasteiger partial charge < -0.3 is 19.8 Å². The molecule has 1 atom stereocenters. The molecular weight excluding hydrogens is 443 g/mol. The molecule has 3 rings (SSSR count).